The van der Waals surface area contributed by atoms with Crippen molar-refractivity contribution in [2.75, 3.05) is 20.6 Å². The van der Waals surface area contributed by atoms with E-state index in [-0.39, 0.29) is 23.6 Å². The van der Waals surface area contributed by atoms with E-state index in [2.05, 4.69) is 10.3 Å². The largest absolute Gasteiger partial charge is 0.370 e. The third-order valence-electron chi connectivity index (χ3n) is 2.89. The van der Waals surface area contributed by atoms with Crippen LogP contribution >= 0.6 is 0 Å². The van der Waals surface area contributed by atoms with E-state index in [1.54, 1.807) is 19.0 Å². The first-order valence-corrected chi connectivity index (χ1v) is 6.80. The maximum atomic E-state index is 13.9. The van der Waals surface area contributed by atoms with E-state index in [9.17, 15) is 8.78 Å². The molecule has 118 valence electrons. The molecule has 1 atom stereocenters. The van der Waals surface area contributed by atoms with Crippen LogP contribution in [-0.4, -0.2) is 37.0 Å². The van der Waals surface area contributed by atoms with E-state index < -0.39 is 17.7 Å². The monoisotopic (exact) mass is 298 g/mol. The summed E-state index contributed by atoms with van der Waals surface area (Å²) in [6, 6.07) is 3.32. The molecule has 0 radical (unpaired) electrons. The second-order valence-corrected chi connectivity index (χ2v) is 6.22. The average molecular weight is 298 g/mol. The highest BCUT2D eigenvalue weighted by Crippen LogP contribution is 2.24. The molecule has 6 heteroatoms. The average Bonchev–Trinajstić information content (AvgIpc) is 2.29. The second-order valence-electron chi connectivity index (χ2n) is 6.22. The summed E-state index contributed by atoms with van der Waals surface area (Å²) in [5.41, 5.74) is 5.59. The topological polar surface area (TPSA) is 53.6 Å². The number of nitrogens with one attached hydrogen (secondary N) is 1. The number of aliphatic imine (C=N–C) groups is 1. The molecule has 0 bridgehead atoms. The summed E-state index contributed by atoms with van der Waals surface area (Å²) in [5.74, 6) is -0.899. The smallest absolute Gasteiger partial charge is 0.189 e. The number of halogens is 2. The van der Waals surface area contributed by atoms with Gasteiger partial charge in [0.25, 0.3) is 0 Å². The van der Waals surface area contributed by atoms with Crippen LogP contribution in [0.4, 0.5) is 8.78 Å². The zero-order valence-corrected chi connectivity index (χ0v) is 13.2. The molecule has 1 unspecified atom stereocenters. The van der Waals surface area contributed by atoms with Gasteiger partial charge in [-0.2, -0.15) is 0 Å². The Kier molecular flexibility index (Phi) is 5.66. The fraction of sp³-hybridized carbons (Fsp3) is 0.533. The van der Waals surface area contributed by atoms with Crippen molar-refractivity contribution in [1.29, 1.82) is 0 Å². The Hall–Kier alpha value is -1.69. The zero-order valence-electron chi connectivity index (χ0n) is 13.2. The molecule has 21 heavy (non-hydrogen) atoms. The summed E-state index contributed by atoms with van der Waals surface area (Å²) in [5, 5.41) is 3.02. The molecule has 4 nitrogen and oxygen atoms in total. The van der Waals surface area contributed by atoms with E-state index in [0.717, 1.165) is 0 Å². The summed E-state index contributed by atoms with van der Waals surface area (Å²) in [6.45, 7) is 6.03. The lowest BCUT2D eigenvalue weighted by molar-refractivity contribution is 0.290. The Labute approximate surface area is 125 Å². The van der Waals surface area contributed by atoms with E-state index in [1.807, 2.05) is 20.8 Å². The highest BCUT2D eigenvalue weighted by atomic mass is 19.1. The van der Waals surface area contributed by atoms with Gasteiger partial charge < -0.3 is 16.0 Å². The van der Waals surface area contributed by atoms with Crippen molar-refractivity contribution in [2.45, 2.75) is 32.4 Å². The number of hydrogen-bond donors (Lipinski definition) is 2. The Morgan fingerprint density at radius 3 is 2.24 bits per heavy atom. The molecule has 0 aromatic heterocycles. The maximum absolute atomic E-state index is 13.9. The molecule has 0 heterocycles. The van der Waals surface area contributed by atoms with Crippen molar-refractivity contribution in [3.05, 3.63) is 35.4 Å². The van der Waals surface area contributed by atoms with Crippen LogP contribution in [0.25, 0.3) is 0 Å². The van der Waals surface area contributed by atoms with Crippen LogP contribution in [-0.2, 0) is 0 Å². The van der Waals surface area contributed by atoms with Gasteiger partial charge in [-0.05, 0) is 47.0 Å². The first-order chi connectivity index (χ1) is 9.61. The molecule has 0 spiro atoms. The second kappa shape index (κ2) is 6.85. The summed E-state index contributed by atoms with van der Waals surface area (Å²) >= 11 is 0. The molecule has 0 aliphatic heterocycles. The Morgan fingerprint density at radius 2 is 1.81 bits per heavy atom. The lowest BCUT2D eigenvalue weighted by atomic mass is 10.0. The summed E-state index contributed by atoms with van der Waals surface area (Å²) in [7, 11) is 3.50. The number of benzene rings is 1. The van der Waals surface area contributed by atoms with Gasteiger partial charge in [0.1, 0.15) is 11.6 Å². The van der Waals surface area contributed by atoms with Crippen molar-refractivity contribution in [2.24, 2.45) is 10.7 Å². The van der Waals surface area contributed by atoms with Gasteiger partial charge in [-0.25, -0.2) is 8.78 Å². The summed E-state index contributed by atoms with van der Waals surface area (Å²) in [4.78, 5) is 5.92. The van der Waals surface area contributed by atoms with Crippen LogP contribution in [0.15, 0.2) is 23.2 Å². The minimum absolute atomic E-state index is 0.00908. The molecule has 1 aromatic carbocycles. The van der Waals surface area contributed by atoms with Crippen LogP contribution in [0.3, 0.4) is 0 Å². The third-order valence-corrected chi connectivity index (χ3v) is 2.89. The van der Waals surface area contributed by atoms with Gasteiger partial charge in [0.15, 0.2) is 5.96 Å². The minimum Gasteiger partial charge on any atom is -0.370 e. The highest BCUT2D eigenvalue weighted by molar-refractivity contribution is 5.78. The van der Waals surface area contributed by atoms with Gasteiger partial charge in [0.05, 0.1) is 12.6 Å². The summed E-state index contributed by atoms with van der Waals surface area (Å²) in [6.07, 6.45) is 0. The van der Waals surface area contributed by atoms with Crippen molar-refractivity contribution < 1.29 is 8.78 Å². The van der Waals surface area contributed by atoms with E-state index in [4.69, 9.17) is 5.73 Å². The molecule has 3 N–H and O–H groups in total. The quantitative estimate of drug-likeness (QED) is 0.662. The third kappa shape index (κ3) is 5.30. The molecular weight excluding hydrogens is 274 g/mol. The first-order valence-electron chi connectivity index (χ1n) is 6.80. The fourth-order valence-electron chi connectivity index (χ4n) is 1.95. The van der Waals surface area contributed by atoms with Crippen molar-refractivity contribution in [3.8, 4) is 0 Å². The van der Waals surface area contributed by atoms with Crippen molar-refractivity contribution in [1.82, 2.24) is 10.2 Å². The van der Waals surface area contributed by atoms with Gasteiger partial charge >= 0.3 is 0 Å². The lowest BCUT2D eigenvalue weighted by Crippen LogP contribution is -2.45. The first kappa shape index (κ1) is 17.4. The predicted octanol–water partition coefficient (Wildman–Crippen LogP) is 2.27. The Bertz CT molecular complexity index is 487. The molecule has 0 saturated heterocycles. The van der Waals surface area contributed by atoms with Crippen LogP contribution in [0.5, 0.6) is 0 Å². The SMILES string of the molecule is CN(C)C(CN=C(N)NC(C)(C)C)c1c(F)cccc1F. The molecule has 0 aliphatic rings. The van der Waals surface area contributed by atoms with Gasteiger partial charge in [-0.15, -0.1) is 0 Å². The van der Waals surface area contributed by atoms with Gasteiger partial charge in [0, 0.05) is 11.1 Å². The predicted molar refractivity (Wildman–Crippen MR) is 82.2 cm³/mol. The zero-order chi connectivity index (χ0) is 16.2. The summed E-state index contributed by atoms with van der Waals surface area (Å²) < 4.78 is 27.8. The molecule has 0 amide bonds. The van der Waals surface area contributed by atoms with Gasteiger partial charge in [-0.3, -0.25) is 4.99 Å². The van der Waals surface area contributed by atoms with E-state index in [1.165, 1.54) is 18.2 Å². The molecule has 0 fully saturated rings. The lowest BCUT2D eigenvalue weighted by Gasteiger charge is -2.25. The molecule has 1 rings (SSSR count). The van der Waals surface area contributed by atoms with Gasteiger partial charge in [-0.1, -0.05) is 6.07 Å². The van der Waals surface area contributed by atoms with Crippen LogP contribution in [0, 0.1) is 11.6 Å². The van der Waals surface area contributed by atoms with Crippen LogP contribution < -0.4 is 11.1 Å². The maximum Gasteiger partial charge on any atom is 0.189 e. The standard InChI is InChI=1S/C15H24F2N4/c1-15(2,3)20-14(18)19-9-12(21(4)5)13-10(16)7-6-8-11(13)17/h6-8,12H,9H2,1-5H3,(H3,18,19,20). The number of nitrogens with zero attached hydrogens (tertiary/aromatic N) is 2. The number of hydrogen-bond acceptors (Lipinski definition) is 2. The van der Waals surface area contributed by atoms with E-state index >= 15 is 0 Å². The normalized spacial score (nSPS) is 14.4. The van der Waals surface area contributed by atoms with Crippen LogP contribution in [0.2, 0.25) is 0 Å². The van der Waals surface area contributed by atoms with Crippen molar-refractivity contribution >= 4 is 5.96 Å². The molecular formula is C15H24F2N4. The minimum atomic E-state index is -0.578. The fourth-order valence-corrected chi connectivity index (χ4v) is 1.95. The van der Waals surface area contributed by atoms with Gasteiger partial charge in [0.2, 0.25) is 0 Å². The van der Waals surface area contributed by atoms with E-state index in [0.29, 0.717) is 0 Å². The molecule has 0 aliphatic carbocycles. The highest BCUT2D eigenvalue weighted by Gasteiger charge is 2.22. The van der Waals surface area contributed by atoms with Crippen LogP contribution in [0.1, 0.15) is 32.4 Å². The van der Waals surface area contributed by atoms with Crippen molar-refractivity contribution in [3.63, 3.8) is 0 Å². The number of nitrogens with two attached hydrogens (primary N) is 1. The number of likely N-dealkylation sites (N-methyl/N-ethyl adjacent to an activating group) is 1. The number of rotatable bonds is 4. The Morgan fingerprint density at radius 1 is 1.29 bits per heavy atom. The molecule has 0 saturated carbocycles. The Balaban J connectivity index is 2.97. The number of guanidine groups is 1. The molecule has 1 aromatic rings.